The first kappa shape index (κ1) is 14.8. The summed E-state index contributed by atoms with van der Waals surface area (Å²) < 4.78 is 3.79. The average molecular weight is 339 g/mol. The Morgan fingerprint density at radius 3 is 1.54 bits per heavy atom. The van der Waals surface area contributed by atoms with E-state index in [1.807, 2.05) is 65.7 Å². The Morgan fingerprint density at radius 1 is 0.577 bits per heavy atom. The van der Waals surface area contributed by atoms with Crippen LogP contribution in [0.4, 0.5) is 0 Å². The Labute approximate surface area is 150 Å². The molecule has 3 aromatic heterocycles. The standard InChI is InChI=1S/C21H17N5/c1-14-16-8-3-5-10-18(16)25(23-14)20-12-7-13-21(22-20)26-19-11-6-4-9-17(19)15(2)24-26/h3-13H,1-2H3. The topological polar surface area (TPSA) is 48.5 Å². The number of aromatic nitrogens is 5. The molecule has 0 amide bonds. The Hall–Kier alpha value is -3.47. The predicted octanol–water partition coefficient (Wildman–Crippen LogP) is 4.38. The van der Waals surface area contributed by atoms with Gasteiger partial charge in [0.15, 0.2) is 11.6 Å². The molecule has 0 radical (unpaired) electrons. The summed E-state index contributed by atoms with van der Waals surface area (Å²) in [5, 5.41) is 11.7. The fraction of sp³-hybridized carbons (Fsp3) is 0.0952. The van der Waals surface area contributed by atoms with Crippen molar-refractivity contribution in [2.24, 2.45) is 0 Å². The molecule has 0 bridgehead atoms. The third-order valence-corrected chi connectivity index (χ3v) is 4.70. The molecule has 0 atom stereocenters. The molecule has 5 aromatic rings. The molecule has 0 fully saturated rings. The van der Waals surface area contributed by atoms with E-state index in [2.05, 4.69) is 34.5 Å². The summed E-state index contributed by atoms with van der Waals surface area (Å²) in [5.74, 6) is 1.56. The monoisotopic (exact) mass is 339 g/mol. The SMILES string of the molecule is Cc1nn(-c2cccc(-n3nc(C)c4ccccc43)n2)c2ccccc12. The molecule has 0 spiro atoms. The van der Waals surface area contributed by atoms with Gasteiger partial charge < -0.3 is 0 Å². The molecule has 0 saturated carbocycles. The van der Waals surface area contributed by atoms with E-state index >= 15 is 0 Å². The second-order valence-corrected chi connectivity index (χ2v) is 6.38. The van der Waals surface area contributed by atoms with Crippen LogP contribution in [0.1, 0.15) is 11.4 Å². The summed E-state index contributed by atoms with van der Waals surface area (Å²) in [6.07, 6.45) is 0. The third-order valence-electron chi connectivity index (χ3n) is 4.70. The quantitative estimate of drug-likeness (QED) is 0.480. The van der Waals surface area contributed by atoms with Gasteiger partial charge in [-0.05, 0) is 38.1 Å². The van der Waals surface area contributed by atoms with Crippen LogP contribution < -0.4 is 0 Å². The first-order valence-corrected chi connectivity index (χ1v) is 8.59. The minimum Gasteiger partial charge on any atom is -0.214 e. The number of benzene rings is 2. The van der Waals surface area contributed by atoms with Crippen molar-refractivity contribution < 1.29 is 0 Å². The number of fused-ring (bicyclic) bond motifs is 2. The lowest BCUT2D eigenvalue weighted by Gasteiger charge is -2.07. The maximum atomic E-state index is 4.84. The summed E-state index contributed by atoms with van der Waals surface area (Å²) >= 11 is 0. The molecule has 0 aliphatic carbocycles. The number of hydrogen-bond donors (Lipinski definition) is 0. The van der Waals surface area contributed by atoms with E-state index in [0.717, 1.165) is 44.8 Å². The number of pyridine rings is 1. The minimum absolute atomic E-state index is 0.782. The second-order valence-electron chi connectivity index (χ2n) is 6.38. The zero-order valence-corrected chi connectivity index (χ0v) is 14.6. The van der Waals surface area contributed by atoms with Gasteiger partial charge in [-0.1, -0.05) is 42.5 Å². The summed E-state index contributed by atoms with van der Waals surface area (Å²) in [7, 11) is 0. The summed E-state index contributed by atoms with van der Waals surface area (Å²) in [6, 6.07) is 22.4. The number of nitrogens with zero attached hydrogens (tertiary/aromatic N) is 5. The molecule has 5 rings (SSSR count). The average Bonchev–Trinajstić information content (AvgIpc) is 3.20. The van der Waals surface area contributed by atoms with Crippen molar-refractivity contribution in [1.82, 2.24) is 24.5 Å². The van der Waals surface area contributed by atoms with Crippen LogP contribution in [-0.2, 0) is 0 Å². The van der Waals surface area contributed by atoms with E-state index in [9.17, 15) is 0 Å². The highest BCUT2D eigenvalue weighted by atomic mass is 15.4. The smallest absolute Gasteiger partial charge is 0.156 e. The number of rotatable bonds is 2. The molecule has 2 aromatic carbocycles. The van der Waals surface area contributed by atoms with Crippen LogP contribution in [0.5, 0.6) is 0 Å². The highest BCUT2D eigenvalue weighted by Gasteiger charge is 2.12. The fourth-order valence-electron chi connectivity index (χ4n) is 3.44. The van der Waals surface area contributed by atoms with Gasteiger partial charge in [-0.2, -0.15) is 10.2 Å². The normalized spacial score (nSPS) is 11.5. The third kappa shape index (κ3) is 2.14. The molecule has 26 heavy (non-hydrogen) atoms. The highest BCUT2D eigenvalue weighted by Crippen LogP contribution is 2.23. The molecule has 5 heteroatoms. The molecule has 0 aliphatic heterocycles. The lowest BCUT2D eigenvalue weighted by atomic mass is 10.2. The van der Waals surface area contributed by atoms with Gasteiger partial charge in [0.2, 0.25) is 0 Å². The number of hydrogen-bond acceptors (Lipinski definition) is 3. The van der Waals surface area contributed by atoms with E-state index < -0.39 is 0 Å². The van der Waals surface area contributed by atoms with Gasteiger partial charge in [0.05, 0.1) is 22.4 Å². The van der Waals surface area contributed by atoms with Crippen LogP contribution in [0.2, 0.25) is 0 Å². The van der Waals surface area contributed by atoms with Crippen LogP contribution in [0, 0.1) is 13.8 Å². The van der Waals surface area contributed by atoms with Gasteiger partial charge in [-0.3, -0.25) is 0 Å². The molecule has 0 N–H and O–H groups in total. The number of aryl methyl sites for hydroxylation is 2. The first-order chi connectivity index (χ1) is 12.7. The van der Waals surface area contributed by atoms with Crippen molar-refractivity contribution >= 4 is 21.8 Å². The summed E-state index contributed by atoms with van der Waals surface area (Å²) in [5.41, 5.74) is 4.09. The lowest BCUT2D eigenvalue weighted by Crippen LogP contribution is -2.05. The minimum atomic E-state index is 0.782. The summed E-state index contributed by atoms with van der Waals surface area (Å²) in [4.78, 5) is 4.84. The van der Waals surface area contributed by atoms with E-state index in [0.29, 0.717) is 0 Å². The highest BCUT2D eigenvalue weighted by molar-refractivity contribution is 5.84. The van der Waals surface area contributed by atoms with Gasteiger partial charge in [0.25, 0.3) is 0 Å². The largest absolute Gasteiger partial charge is 0.214 e. The molecule has 0 aliphatic rings. The van der Waals surface area contributed by atoms with E-state index in [1.165, 1.54) is 0 Å². The zero-order valence-electron chi connectivity index (χ0n) is 14.6. The van der Waals surface area contributed by atoms with Crippen LogP contribution in [0.3, 0.4) is 0 Å². The van der Waals surface area contributed by atoms with E-state index in [1.54, 1.807) is 0 Å². The van der Waals surface area contributed by atoms with Gasteiger partial charge in [-0.15, -0.1) is 0 Å². The first-order valence-electron chi connectivity index (χ1n) is 8.59. The van der Waals surface area contributed by atoms with Crippen LogP contribution >= 0.6 is 0 Å². The van der Waals surface area contributed by atoms with Crippen molar-refractivity contribution in [3.63, 3.8) is 0 Å². The Balaban J connectivity index is 1.72. The maximum absolute atomic E-state index is 4.84. The maximum Gasteiger partial charge on any atom is 0.156 e. The van der Waals surface area contributed by atoms with Crippen LogP contribution in [0.25, 0.3) is 33.4 Å². The van der Waals surface area contributed by atoms with E-state index in [4.69, 9.17) is 4.98 Å². The molecule has 5 nitrogen and oxygen atoms in total. The summed E-state index contributed by atoms with van der Waals surface area (Å²) in [6.45, 7) is 4.04. The van der Waals surface area contributed by atoms with Gasteiger partial charge in [-0.25, -0.2) is 14.3 Å². The van der Waals surface area contributed by atoms with Crippen molar-refractivity contribution in [2.45, 2.75) is 13.8 Å². The lowest BCUT2D eigenvalue weighted by molar-refractivity contribution is 0.816. The second kappa shape index (κ2) is 5.52. The zero-order chi connectivity index (χ0) is 17.7. The predicted molar refractivity (Wildman–Crippen MR) is 103 cm³/mol. The van der Waals surface area contributed by atoms with Gasteiger partial charge in [0.1, 0.15) is 0 Å². The Bertz CT molecular complexity index is 1170. The molecular weight excluding hydrogens is 322 g/mol. The van der Waals surface area contributed by atoms with Crippen molar-refractivity contribution in [1.29, 1.82) is 0 Å². The molecular formula is C21H17N5. The van der Waals surface area contributed by atoms with Crippen molar-refractivity contribution in [2.75, 3.05) is 0 Å². The molecule has 0 saturated heterocycles. The van der Waals surface area contributed by atoms with Gasteiger partial charge in [0, 0.05) is 10.8 Å². The van der Waals surface area contributed by atoms with Crippen LogP contribution in [0.15, 0.2) is 66.7 Å². The molecule has 126 valence electrons. The Kier molecular flexibility index (Phi) is 3.15. The van der Waals surface area contributed by atoms with Crippen molar-refractivity contribution in [3.8, 4) is 11.6 Å². The van der Waals surface area contributed by atoms with Gasteiger partial charge >= 0.3 is 0 Å². The Morgan fingerprint density at radius 2 is 1.04 bits per heavy atom. The van der Waals surface area contributed by atoms with E-state index in [-0.39, 0.29) is 0 Å². The van der Waals surface area contributed by atoms with Crippen molar-refractivity contribution in [3.05, 3.63) is 78.1 Å². The van der Waals surface area contributed by atoms with Crippen LogP contribution in [-0.4, -0.2) is 24.5 Å². The fourth-order valence-corrected chi connectivity index (χ4v) is 3.44. The number of para-hydroxylation sites is 2. The molecule has 0 unspecified atom stereocenters. The molecule has 3 heterocycles.